The van der Waals surface area contributed by atoms with E-state index in [9.17, 15) is 14.3 Å². The van der Waals surface area contributed by atoms with E-state index in [2.05, 4.69) is 10.1 Å². The van der Waals surface area contributed by atoms with Crippen LogP contribution in [-0.4, -0.2) is 25.8 Å². The molecule has 0 spiro atoms. The third-order valence-corrected chi connectivity index (χ3v) is 3.93. The molecule has 0 bridgehead atoms. The molecule has 1 aromatic carbocycles. The van der Waals surface area contributed by atoms with Gasteiger partial charge in [0.2, 0.25) is 0 Å². The van der Waals surface area contributed by atoms with E-state index in [-0.39, 0.29) is 16.0 Å². The molecule has 2 heterocycles. The van der Waals surface area contributed by atoms with Gasteiger partial charge in [0.15, 0.2) is 5.65 Å². The minimum atomic E-state index is -1.06. The van der Waals surface area contributed by atoms with Crippen LogP contribution in [0.3, 0.4) is 0 Å². The number of hydrogen-bond acceptors (Lipinski definition) is 3. The minimum absolute atomic E-state index is 0.0207. The first-order chi connectivity index (χ1) is 11.2. The number of aromatic carboxylic acids is 1. The first-order valence-corrected chi connectivity index (χ1v) is 7.64. The molecule has 0 aliphatic carbocycles. The van der Waals surface area contributed by atoms with Crippen LogP contribution in [0.25, 0.3) is 16.7 Å². The van der Waals surface area contributed by atoms with Crippen LogP contribution in [0.2, 0.25) is 5.02 Å². The quantitative estimate of drug-likeness (QED) is 0.754. The van der Waals surface area contributed by atoms with Crippen molar-refractivity contribution in [2.45, 2.75) is 26.2 Å². The molecule has 7 heteroatoms. The van der Waals surface area contributed by atoms with Crippen molar-refractivity contribution in [1.82, 2.24) is 14.8 Å². The van der Waals surface area contributed by atoms with Crippen molar-refractivity contribution >= 4 is 28.6 Å². The second-order valence-corrected chi connectivity index (χ2v) is 6.92. The molecule has 0 unspecified atom stereocenters. The third kappa shape index (κ3) is 2.73. The van der Waals surface area contributed by atoms with Gasteiger partial charge in [0, 0.05) is 23.1 Å². The van der Waals surface area contributed by atoms with Crippen LogP contribution < -0.4 is 0 Å². The second-order valence-electron chi connectivity index (χ2n) is 6.51. The molecule has 2 aromatic heterocycles. The molecule has 5 nitrogen and oxygen atoms in total. The zero-order valence-corrected chi connectivity index (χ0v) is 14.1. The van der Waals surface area contributed by atoms with Gasteiger partial charge in [0.05, 0.1) is 22.0 Å². The average molecular weight is 348 g/mol. The Bertz CT molecular complexity index is 960. The third-order valence-electron chi connectivity index (χ3n) is 3.63. The minimum Gasteiger partial charge on any atom is -0.478 e. The van der Waals surface area contributed by atoms with Crippen LogP contribution in [-0.2, 0) is 5.41 Å². The van der Waals surface area contributed by atoms with E-state index >= 15 is 0 Å². The van der Waals surface area contributed by atoms with Crippen molar-refractivity contribution in [3.05, 3.63) is 52.6 Å². The van der Waals surface area contributed by atoms with Gasteiger partial charge in [-0.25, -0.2) is 18.9 Å². The highest BCUT2D eigenvalue weighted by molar-refractivity contribution is 6.30. The van der Waals surface area contributed by atoms with E-state index in [4.69, 9.17) is 11.6 Å². The van der Waals surface area contributed by atoms with Crippen LogP contribution in [0.15, 0.2) is 30.5 Å². The lowest BCUT2D eigenvalue weighted by molar-refractivity contribution is 0.0696. The second kappa shape index (κ2) is 5.56. The number of aromatic nitrogens is 3. The number of hydrogen-bond donors (Lipinski definition) is 1. The summed E-state index contributed by atoms with van der Waals surface area (Å²) in [5, 5.41) is 14.4. The number of carboxylic acids is 1. The summed E-state index contributed by atoms with van der Waals surface area (Å²) in [7, 11) is 0. The van der Waals surface area contributed by atoms with E-state index < -0.39 is 11.8 Å². The fourth-order valence-corrected chi connectivity index (χ4v) is 2.59. The van der Waals surface area contributed by atoms with Gasteiger partial charge in [-0.15, -0.1) is 0 Å². The largest absolute Gasteiger partial charge is 0.478 e. The van der Waals surface area contributed by atoms with Crippen LogP contribution in [0.4, 0.5) is 4.39 Å². The predicted octanol–water partition coefficient (Wildman–Crippen LogP) is 4.21. The summed E-state index contributed by atoms with van der Waals surface area (Å²) >= 11 is 5.73. The van der Waals surface area contributed by atoms with Gasteiger partial charge in [0.25, 0.3) is 0 Å². The van der Waals surface area contributed by atoms with Crippen LogP contribution in [0.1, 0.15) is 36.8 Å². The standard InChI is InChI=1S/C17H15ClFN3O2/c1-17(2,3)14-11-6-9(16(23)24)8-20-15(11)22(21-14)10-4-5-12(18)13(19)7-10/h4-8H,1-3H3,(H,23,24). The number of fused-ring (bicyclic) bond motifs is 1. The molecule has 0 aliphatic heterocycles. The summed E-state index contributed by atoms with van der Waals surface area (Å²) < 4.78 is 15.3. The number of nitrogens with zero attached hydrogens (tertiary/aromatic N) is 3. The van der Waals surface area contributed by atoms with Crippen molar-refractivity contribution in [3.8, 4) is 5.69 Å². The molecule has 3 rings (SSSR count). The molecule has 0 atom stereocenters. The number of benzene rings is 1. The van der Waals surface area contributed by atoms with E-state index in [1.165, 1.54) is 23.0 Å². The Morgan fingerprint density at radius 1 is 1.29 bits per heavy atom. The lowest BCUT2D eigenvalue weighted by atomic mass is 9.90. The Morgan fingerprint density at radius 3 is 2.58 bits per heavy atom. The van der Waals surface area contributed by atoms with Crippen LogP contribution in [0.5, 0.6) is 0 Å². The number of rotatable bonds is 2. The van der Waals surface area contributed by atoms with E-state index in [0.717, 1.165) is 0 Å². The molecule has 0 fully saturated rings. The van der Waals surface area contributed by atoms with Gasteiger partial charge in [0.1, 0.15) is 5.82 Å². The van der Waals surface area contributed by atoms with Crippen molar-refractivity contribution < 1.29 is 14.3 Å². The SMILES string of the molecule is CC(C)(C)c1nn(-c2ccc(Cl)c(F)c2)c2ncc(C(=O)O)cc12. The molecule has 0 aliphatic rings. The maximum atomic E-state index is 13.8. The fraction of sp³-hybridized carbons (Fsp3) is 0.235. The molecule has 124 valence electrons. The zero-order valence-electron chi connectivity index (χ0n) is 13.3. The Balaban J connectivity index is 2.33. The Kier molecular flexibility index (Phi) is 3.80. The van der Waals surface area contributed by atoms with Crippen molar-refractivity contribution in [1.29, 1.82) is 0 Å². The molecular formula is C17H15ClFN3O2. The smallest absolute Gasteiger partial charge is 0.337 e. The number of pyridine rings is 1. The molecule has 0 radical (unpaired) electrons. The van der Waals surface area contributed by atoms with Gasteiger partial charge in [-0.3, -0.25) is 0 Å². The topological polar surface area (TPSA) is 68.0 Å². The van der Waals surface area contributed by atoms with Crippen LogP contribution in [0, 0.1) is 5.82 Å². The van der Waals surface area contributed by atoms with E-state index in [1.807, 2.05) is 20.8 Å². The van der Waals surface area contributed by atoms with Crippen LogP contribution >= 0.6 is 11.6 Å². The molecule has 3 aromatic rings. The molecule has 0 saturated carbocycles. The maximum absolute atomic E-state index is 13.8. The molecule has 24 heavy (non-hydrogen) atoms. The summed E-state index contributed by atoms with van der Waals surface area (Å²) in [4.78, 5) is 15.5. The Hall–Kier alpha value is -2.47. The van der Waals surface area contributed by atoms with Gasteiger partial charge >= 0.3 is 5.97 Å². The number of carbonyl (C=O) groups is 1. The highest BCUT2D eigenvalue weighted by Gasteiger charge is 2.25. The Morgan fingerprint density at radius 2 is 2.00 bits per heavy atom. The maximum Gasteiger partial charge on any atom is 0.337 e. The highest BCUT2D eigenvalue weighted by atomic mass is 35.5. The first kappa shape index (κ1) is 16.4. The monoisotopic (exact) mass is 347 g/mol. The van der Waals surface area contributed by atoms with Gasteiger partial charge in [-0.1, -0.05) is 32.4 Å². The number of carboxylic acid groups (broad SMARTS) is 1. The zero-order chi connectivity index (χ0) is 17.6. The van der Waals surface area contributed by atoms with Gasteiger partial charge < -0.3 is 5.11 Å². The number of halogens is 2. The lowest BCUT2D eigenvalue weighted by Gasteiger charge is -2.15. The lowest BCUT2D eigenvalue weighted by Crippen LogP contribution is -2.13. The van der Waals surface area contributed by atoms with Gasteiger partial charge in [-0.2, -0.15) is 5.10 Å². The van der Waals surface area contributed by atoms with E-state index in [1.54, 1.807) is 12.1 Å². The summed E-state index contributed by atoms with van der Waals surface area (Å²) in [6.07, 6.45) is 1.27. The summed E-state index contributed by atoms with van der Waals surface area (Å²) in [5.41, 5.74) is 1.35. The van der Waals surface area contributed by atoms with E-state index in [0.29, 0.717) is 22.4 Å². The molecular weight excluding hydrogens is 333 g/mol. The average Bonchev–Trinajstić information content (AvgIpc) is 2.88. The molecule has 1 N–H and O–H groups in total. The van der Waals surface area contributed by atoms with Crippen molar-refractivity contribution in [2.75, 3.05) is 0 Å². The van der Waals surface area contributed by atoms with Gasteiger partial charge in [-0.05, 0) is 18.2 Å². The fourth-order valence-electron chi connectivity index (χ4n) is 2.47. The predicted molar refractivity (Wildman–Crippen MR) is 89.5 cm³/mol. The van der Waals surface area contributed by atoms with Crippen molar-refractivity contribution in [2.24, 2.45) is 0 Å². The molecule has 0 amide bonds. The summed E-state index contributed by atoms with van der Waals surface area (Å²) in [5.74, 6) is -1.62. The summed E-state index contributed by atoms with van der Waals surface area (Å²) in [6.45, 7) is 5.90. The van der Waals surface area contributed by atoms with Crippen molar-refractivity contribution in [3.63, 3.8) is 0 Å². The summed E-state index contributed by atoms with van der Waals surface area (Å²) in [6, 6.07) is 5.90. The normalized spacial score (nSPS) is 11.9. The molecule has 0 saturated heterocycles. The first-order valence-electron chi connectivity index (χ1n) is 7.26. The Labute approximate surface area is 142 Å². The highest BCUT2D eigenvalue weighted by Crippen LogP contribution is 2.31.